The Balaban J connectivity index is 1.98. The summed E-state index contributed by atoms with van der Waals surface area (Å²) < 4.78 is 5.19. The van der Waals surface area contributed by atoms with E-state index in [2.05, 4.69) is 5.32 Å². The van der Waals surface area contributed by atoms with Gasteiger partial charge in [-0.15, -0.1) is 0 Å². The quantitative estimate of drug-likeness (QED) is 0.699. The second-order valence-electron chi connectivity index (χ2n) is 5.28. The fraction of sp³-hybridized carbons (Fsp3) is 0.167. The molecule has 0 unspecified atom stereocenters. The molecule has 1 aromatic heterocycles. The molecule has 0 atom stereocenters. The van der Waals surface area contributed by atoms with Crippen molar-refractivity contribution in [2.45, 2.75) is 19.9 Å². The summed E-state index contributed by atoms with van der Waals surface area (Å²) in [5.41, 5.74) is 2.50. The average molecular weight is 330 g/mol. The molecule has 3 rings (SSSR count). The molecule has 0 aliphatic rings. The molecular formula is C18H16ClNO3. The smallest absolute Gasteiger partial charge is 0.336 e. The summed E-state index contributed by atoms with van der Waals surface area (Å²) in [7, 11) is 0. The van der Waals surface area contributed by atoms with Crippen LogP contribution >= 0.6 is 11.6 Å². The predicted molar refractivity (Wildman–Crippen MR) is 92.3 cm³/mol. The van der Waals surface area contributed by atoms with E-state index in [0.717, 1.165) is 22.2 Å². The van der Waals surface area contributed by atoms with Gasteiger partial charge >= 0.3 is 5.63 Å². The zero-order valence-electron chi connectivity index (χ0n) is 12.6. The zero-order valence-corrected chi connectivity index (χ0v) is 13.4. The highest BCUT2D eigenvalue weighted by Gasteiger charge is 2.10. The first-order valence-corrected chi connectivity index (χ1v) is 7.72. The number of phenolic OH excluding ortho intramolecular Hbond substituents is 1. The molecule has 3 aromatic rings. The number of fused-ring (bicyclic) bond motifs is 1. The number of phenols is 1. The third-order valence-corrected chi connectivity index (χ3v) is 3.99. The molecule has 0 saturated carbocycles. The molecule has 0 fully saturated rings. The molecule has 1 heterocycles. The van der Waals surface area contributed by atoms with Gasteiger partial charge in [-0.2, -0.15) is 0 Å². The van der Waals surface area contributed by atoms with Crippen molar-refractivity contribution in [2.75, 3.05) is 5.32 Å². The van der Waals surface area contributed by atoms with Gasteiger partial charge in [0.2, 0.25) is 0 Å². The van der Waals surface area contributed by atoms with E-state index in [1.165, 1.54) is 12.1 Å². The maximum absolute atomic E-state index is 11.7. The third-order valence-electron chi connectivity index (χ3n) is 3.74. The van der Waals surface area contributed by atoms with E-state index in [1.54, 1.807) is 12.1 Å². The maximum Gasteiger partial charge on any atom is 0.336 e. The first-order chi connectivity index (χ1) is 11.1. The normalized spacial score (nSPS) is 10.9. The van der Waals surface area contributed by atoms with Gasteiger partial charge in [0.25, 0.3) is 0 Å². The fourth-order valence-corrected chi connectivity index (χ4v) is 2.63. The lowest BCUT2D eigenvalue weighted by Crippen LogP contribution is -2.06. The van der Waals surface area contributed by atoms with Gasteiger partial charge < -0.3 is 14.8 Å². The molecule has 0 aliphatic carbocycles. The van der Waals surface area contributed by atoms with Crippen LogP contribution in [0.3, 0.4) is 0 Å². The van der Waals surface area contributed by atoms with Crippen LogP contribution in [0, 0.1) is 0 Å². The van der Waals surface area contributed by atoms with Crippen LogP contribution in [0.5, 0.6) is 5.75 Å². The van der Waals surface area contributed by atoms with E-state index in [-0.39, 0.29) is 5.75 Å². The molecule has 2 aromatic carbocycles. The summed E-state index contributed by atoms with van der Waals surface area (Å²) in [5.74, 6) is 0.144. The van der Waals surface area contributed by atoms with Gasteiger partial charge in [-0.05, 0) is 47.9 Å². The van der Waals surface area contributed by atoms with Gasteiger partial charge in [0.1, 0.15) is 11.3 Å². The first kappa shape index (κ1) is 15.4. The van der Waals surface area contributed by atoms with Crippen molar-refractivity contribution in [2.24, 2.45) is 0 Å². The van der Waals surface area contributed by atoms with E-state index in [0.29, 0.717) is 23.6 Å². The third kappa shape index (κ3) is 3.32. The Kier molecular flexibility index (Phi) is 4.26. The molecular weight excluding hydrogens is 314 g/mol. The molecule has 4 nitrogen and oxygen atoms in total. The van der Waals surface area contributed by atoms with Crippen molar-refractivity contribution in [1.82, 2.24) is 0 Å². The second-order valence-corrected chi connectivity index (χ2v) is 5.72. The largest absolute Gasteiger partial charge is 0.508 e. The molecule has 118 valence electrons. The highest BCUT2D eigenvalue weighted by molar-refractivity contribution is 6.30. The minimum atomic E-state index is -0.436. The number of rotatable bonds is 4. The topological polar surface area (TPSA) is 62.5 Å². The Labute approximate surface area is 138 Å². The van der Waals surface area contributed by atoms with Crippen LogP contribution in [0.2, 0.25) is 5.02 Å². The molecule has 0 spiro atoms. The Bertz CT molecular complexity index is 901. The number of aryl methyl sites for hydroxylation is 1. The highest BCUT2D eigenvalue weighted by atomic mass is 35.5. The molecule has 23 heavy (non-hydrogen) atoms. The van der Waals surface area contributed by atoms with Crippen LogP contribution < -0.4 is 10.9 Å². The molecule has 0 bridgehead atoms. The van der Waals surface area contributed by atoms with Gasteiger partial charge in [0.05, 0.1) is 0 Å². The Hall–Kier alpha value is -2.46. The average Bonchev–Trinajstić information content (AvgIpc) is 2.53. The number of aromatic hydroxyl groups is 1. The first-order valence-electron chi connectivity index (χ1n) is 7.35. The number of nitrogens with one attached hydrogen (secondary N) is 1. The summed E-state index contributed by atoms with van der Waals surface area (Å²) in [6.45, 7) is 2.43. The van der Waals surface area contributed by atoms with E-state index in [9.17, 15) is 9.90 Å². The zero-order chi connectivity index (χ0) is 16.4. The Morgan fingerprint density at radius 2 is 1.87 bits per heavy atom. The molecule has 0 amide bonds. The van der Waals surface area contributed by atoms with Crippen LogP contribution in [0.15, 0.2) is 51.7 Å². The SMILES string of the molecule is CCc1cc2c(CNc3ccc(Cl)cc3)cc(=O)oc2cc1O. The van der Waals surface area contributed by atoms with Crippen LogP contribution in [-0.4, -0.2) is 5.11 Å². The standard InChI is InChI=1S/C18H16ClNO3/c1-2-11-7-15-12(8-18(22)23-17(15)9-16(11)21)10-20-14-5-3-13(19)4-6-14/h3-9,20-21H,2,10H2,1H3. The van der Waals surface area contributed by atoms with E-state index >= 15 is 0 Å². The lowest BCUT2D eigenvalue weighted by atomic mass is 10.0. The predicted octanol–water partition coefficient (Wildman–Crippen LogP) is 4.33. The van der Waals surface area contributed by atoms with Crippen molar-refractivity contribution in [1.29, 1.82) is 0 Å². The summed E-state index contributed by atoms with van der Waals surface area (Å²) in [6, 6.07) is 12.2. The van der Waals surface area contributed by atoms with E-state index < -0.39 is 5.63 Å². The van der Waals surface area contributed by atoms with Crippen molar-refractivity contribution in [3.05, 3.63) is 69.0 Å². The summed E-state index contributed by atoms with van der Waals surface area (Å²) in [6.07, 6.45) is 0.699. The van der Waals surface area contributed by atoms with Crippen molar-refractivity contribution in [3.8, 4) is 5.75 Å². The van der Waals surface area contributed by atoms with Crippen LogP contribution in [-0.2, 0) is 13.0 Å². The van der Waals surface area contributed by atoms with Gasteiger partial charge in [-0.1, -0.05) is 18.5 Å². The number of benzene rings is 2. The van der Waals surface area contributed by atoms with Crippen molar-refractivity contribution >= 4 is 28.3 Å². The van der Waals surface area contributed by atoms with Crippen LogP contribution in [0.25, 0.3) is 11.0 Å². The lowest BCUT2D eigenvalue weighted by Gasteiger charge is -2.10. The van der Waals surface area contributed by atoms with E-state index in [4.69, 9.17) is 16.0 Å². The number of hydrogen-bond acceptors (Lipinski definition) is 4. The molecule has 0 radical (unpaired) electrons. The van der Waals surface area contributed by atoms with Crippen molar-refractivity contribution < 1.29 is 9.52 Å². The Morgan fingerprint density at radius 1 is 1.13 bits per heavy atom. The molecule has 0 saturated heterocycles. The maximum atomic E-state index is 11.7. The molecule has 0 aliphatic heterocycles. The second kappa shape index (κ2) is 6.34. The van der Waals surface area contributed by atoms with Crippen LogP contribution in [0.4, 0.5) is 5.69 Å². The molecule has 2 N–H and O–H groups in total. The monoisotopic (exact) mass is 329 g/mol. The van der Waals surface area contributed by atoms with E-state index in [1.807, 2.05) is 25.1 Å². The minimum Gasteiger partial charge on any atom is -0.508 e. The summed E-state index contributed by atoms with van der Waals surface area (Å²) >= 11 is 5.87. The highest BCUT2D eigenvalue weighted by Crippen LogP contribution is 2.27. The number of halogens is 1. The number of hydrogen-bond donors (Lipinski definition) is 2. The number of anilines is 1. The van der Waals surface area contributed by atoms with Crippen molar-refractivity contribution in [3.63, 3.8) is 0 Å². The minimum absolute atomic E-state index is 0.144. The summed E-state index contributed by atoms with van der Waals surface area (Å²) in [5, 5.41) is 14.7. The fourth-order valence-electron chi connectivity index (χ4n) is 2.50. The van der Waals surface area contributed by atoms with Crippen LogP contribution in [0.1, 0.15) is 18.1 Å². The van der Waals surface area contributed by atoms with Gasteiger partial charge in [-0.25, -0.2) is 4.79 Å². The summed E-state index contributed by atoms with van der Waals surface area (Å²) in [4.78, 5) is 11.7. The van der Waals surface area contributed by atoms with Gasteiger partial charge in [0, 0.05) is 34.8 Å². The Morgan fingerprint density at radius 3 is 2.57 bits per heavy atom. The molecule has 5 heteroatoms. The lowest BCUT2D eigenvalue weighted by molar-refractivity contribution is 0.466. The van der Waals surface area contributed by atoms with Gasteiger partial charge in [-0.3, -0.25) is 0 Å². The van der Waals surface area contributed by atoms with Gasteiger partial charge in [0.15, 0.2) is 0 Å².